The highest BCUT2D eigenvalue weighted by atomic mass is 16.2. The van der Waals surface area contributed by atoms with Gasteiger partial charge in [-0.05, 0) is 31.0 Å². The van der Waals surface area contributed by atoms with Gasteiger partial charge in [-0.3, -0.25) is 14.5 Å². The lowest BCUT2D eigenvalue weighted by molar-refractivity contribution is -0.134. The number of amides is 4. The van der Waals surface area contributed by atoms with Gasteiger partial charge >= 0.3 is 6.03 Å². The van der Waals surface area contributed by atoms with Gasteiger partial charge < -0.3 is 10.6 Å². The van der Waals surface area contributed by atoms with Crippen molar-refractivity contribution < 1.29 is 14.4 Å². The molecule has 9 heteroatoms. The molecule has 1 aliphatic heterocycles. The summed E-state index contributed by atoms with van der Waals surface area (Å²) in [7, 11) is 1.78. The number of hydrogen-bond acceptors (Lipinski definition) is 5. The zero-order valence-electron chi connectivity index (χ0n) is 14.5. The molecule has 1 aromatic carbocycles. The van der Waals surface area contributed by atoms with Crippen molar-refractivity contribution in [2.24, 2.45) is 7.05 Å². The van der Waals surface area contributed by atoms with Crippen molar-refractivity contribution in [1.82, 2.24) is 25.2 Å². The molecular weight excluding hydrogens is 336 g/mol. The van der Waals surface area contributed by atoms with Crippen LogP contribution in [-0.4, -0.2) is 49.8 Å². The highest BCUT2D eigenvalue weighted by Crippen LogP contribution is 2.33. The van der Waals surface area contributed by atoms with E-state index in [1.807, 2.05) is 0 Å². The second-order valence-electron chi connectivity index (χ2n) is 6.93. The van der Waals surface area contributed by atoms with E-state index in [9.17, 15) is 14.4 Å². The van der Waals surface area contributed by atoms with Crippen LogP contribution in [0.15, 0.2) is 18.2 Å². The van der Waals surface area contributed by atoms with Gasteiger partial charge in [0, 0.05) is 12.7 Å². The van der Waals surface area contributed by atoms with Crippen molar-refractivity contribution in [3.8, 4) is 0 Å². The minimum atomic E-state index is -0.811. The monoisotopic (exact) mass is 356 g/mol. The van der Waals surface area contributed by atoms with Crippen molar-refractivity contribution in [3.05, 3.63) is 18.2 Å². The number of nitrogens with one attached hydrogen (secondary N) is 2. The van der Waals surface area contributed by atoms with Gasteiger partial charge in [-0.15, -0.1) is 5.10 Å². The summed E-state index contributed by atoms with van der Waals surface area (Å²) in [6, 6.07) is 4.75. The number of imide groups is 1. The van der Waals surface area contributed by atoms with Crippen LogP contribution >= 0.6 is 0 Å². The average Bonchev–Trinajstić information content (AvgIpc) is 3.09. The third kappa shape index (κ3) is 2.69. The van der Waals surface area contributed by atoms with E-state index in [-0.39, 0.29) is 12.5 Å². The third-order valence-electron chi connectivity index (χ3n) is 5.15. The van der Waals surface area contributed by atoms with Crippen LogP contribution < -0.4 is 10.6 Å². The molecule has 1 aromatic heterocycles. The summed E-state index contributed by atoms with van der Waals surface area (Å²) in [5, 5.41) is 13.4. The van der Waals surface area contributed by atoms with Crippen molar-refractivity contribution in [2.75, 3.05) is 11.9 Å². The number of hydrogen-bond donors (Lipinski definition) is 2. The lowest BCUT2D eigenvalue weighted by Gasteiger charge is -2.30. The topological polar surface area (TPSA) is 109 Å². The molecule has 1 aliphatic carbocycles. The molecule has 4 rings (SSSR count). The lowest BCUT2D eigenvalue weighted by Crippen LogP contribution is -2.48. The number of rotatable bonds is 3. The molecule has 2 heterocycles. The summed E-state index contributed by atoms with van der Waals surface area (Å²) in [5.74, 6) is -0.716. The quantitative estimate of drug-likeness (QED) is 0.802. The van der Waals surface area contributed by atoms with E-state index in [0.29, 0.717) is 24.0 Å². The predicted molar refractivity (Wildman–Crippen MR) is 93.2 cm³/mol. The Bertz CT molecular complexity index is 899. The number of nitrogens with zero attached hydrogens (tertiary/aromatic N) is 4. The van der Waals surface area contributed by atoms with Crippen LogP contribution in [0.2, 0.25) is 0 Å². The summed E-state index contributed by atoms with van der Waals surface area (Å²) in [4.78, 5) is 38.3. The van der Waals surface area contributed by atoms with Gasteiger partial charge in [0.2, 0.25) is 5.91 Å². The molecule has 0 unspecified atom stereocenters. The van der Waals surface area contributed by atoms with Gasteiger partial charge in [0.15, 0.2) is 0 Å². The van der Waals surface area contributed by atoms with Gasteiger partial charge in [-0.2, -0.15) is 0 Å². The first-order valence-electron chi connectivity index (χ1n) is 8.72. The number of carbonyl (C=O) groups is 3. The molecular formula is C17H20N6O3. The van der Waals surface area contributed by atoms with Crippen LogP contribution in [0.4, 0.5) is 10.5 Å². The molecule has 2 N–H and O–H groups in total. The molecule has 0 atom stereocenters. The average molecular weight is 356 g/mol. The summed E-state index contributed by atoms with van der Waals surface area (Å²) >= 11 is 0. The van der Waals surface area contributed by atoms with Gasteiger partial charge in [0.25, 0.3) is 5.91 Å². The molecule has 1 saturated heterocycles. The molecule has 2 fully saturated rings. The molecule has 1 saturated carbocycles. The van der Waals surface area contributed by atoms with E-state index in [0.717, 1.165) is 29.7 Å². The minimum Gasteiger partial charge on any atom is -0.324 e. The van der Waals surface area contributed by atoms with E-state index in [4.69, 9.17) is 0 Å². The maximum absolute atomic E-state index is 12.7. The smallest absolute Gasteiger partial charge is 0.324 e. The lowest BCUT2D eigenvalue weighted by atomic mass is 9.82. The molecule has 2 aromatic rings. The first-order chi connectivity index (χ1) is 12.5. The second-order valence-corrected chi connectivity index (χ2v) is 6.93. The maximum atomic E-state index is 12.7. The number of fused-ring (bicyclic) bond motifs is 1. The van der Waals surface area contributed by atoms with Crippen molar-refractivity contribution >= 4 is 34.6 Å². The number of aryl methyl sites for hydroxylation is 1. The van der Waals surface area contributed by atoms with E-state index in [1.165, 1.54) is 0 Å². The highest BCUT2D eigenvalue weighted by Gasteiger charge is 2.51. The Morgan fingerprint density at radius 3 is 2.81 bits per heavy atom. The molecule has 4 amide bonds. The molecule has 0 radical (unpaired) electrons. The first-order valence-corrected chi connectivity index (χ1v) is 8.72. The minimum absolute atomic E-state index is 0.290. The molecule has 26 heavy (non-hydrogen) atoms. The van der Waals surface area contributed by atoms with E-state index < -0.39 is 17.5 Å². The summed E-state index contributed by atoms with van der Waals surface area (Å²) < 4.78 is 1.64. The van der Waals surface area contributed by atoms with Crippen LogP contribution in [0.25, 0.3) is 11.0 Å². The van der Waals surface area contributed by atoms with Crippen molar-refractivity contribution in [2.45, 2.75) is 37.6 Å². The van der Waals surface area contributed by atoms with Crippen LogP contribution in [-0.2, 0) is 16.6 Å². The normalized spacial score (nSPS) is 19.2. The fourth-order valence-electron chi connectivity index (χ4n) is 3.78. The zero-order valence-corrected chi connectivity index (χ0v) is 14.5. The van der Waals surface area contributed by atoms with Gasteiger partial charge in [0.1, 0.15) is 17.6 Å². The molecule has 9 nitrogen and oxygen atoms in total. The Hall–Kier alpha value is -2.97. The largest absolute Gasteiger partial charge is 0.325 e. The Morgan fingerprint density at radius 2 is 2.04 bits per heavy atom. The number of carbonyl (C=O) groups excluding carboxylic acids is 3. The standard InChI is InChI=1S/C17H20N6O3/c1-22-13-6-5-11(9-12(13)20-21-22)18-14(24)10-23-15(25)17(19-16(23)26)7-3-2-4-8-17/h5-6,9H,2-4,7-8,10H2,1H3,(H,18,24)(H,19,26). The van der Waals surface area contributed by atoms with Crippen LogP contribution in [0.1, 0.15) is 32.1 Å². The van der Waals surface area contributed by atoms with Gasteiger partial charge in [0.05, 0.1) is 5.52 Å². The second kappa shape index (κ2) is 6.08. The highest BCUT2D eigenvalue weighted by molar-refractivity contribution is 6.10. The van der Waals surface area contributed by atoms with E-state index in [1.54, 1.807) is 29.9 Å². The number of anilines is 1. The third-order valence-corrected chi connectivity index (χ3v) is 5.15. The van der Waals surface area contributed by atoms with Crippen molar-refractivity contribution in [3.63, 3.8) is 0 Å². The molecule has 2 aliphatic rings. The Balaban J connectivity index is 1.45. The van der Waals surface area contributed by atoms with E-state index >= 15 is 0 Å². The zero-order chi connectivity index (χ0) is 18.3. The Labute approximate surface area is 149 Å². The molecule has 1 spiro atoms. The van der Waals surface area contributed by atoms with Crippen molar-refractivity contribution in [1.29, 1.82) is 0 Å². The SMILES string of the molecule is Cn1nnc2cc(NC(=O)CN3C(=O)NC4(CCCCC4)C3=O)ccc21. The maximum Gasteiger partial charge on any atom is 0.325 e. The van der Waals surface area contributed by atoms with Gasteiger partial charge in [-0.1, -0.05) is 24.5 Å². The van der Waals surface area contributed by atoms with Gasteiger partial charge in [-0.25, -0.2) is 9.48 Å². The molecule has 136 valence electrons. The number of benzene rings is 1. The summed E-state index contributed by atoms with van der Waals surface area (Å²) in [6.45, 7) is -0.301. The van der Waals surface area contributed by atoms with E-state index in [2.05, 4.69) is 20.9 Å². The van der Waals surface area contributed by atoms with Crippen LogP contribution in [0.5, 0.6) is 0 Å². The molecule has 0 bridgehead atoms. The number of aromatic nitrogens is 3. The predicted octanol–water partition coefficient (Wildman–Crippen LogP) is 1.16. The number of urea groups is 1. The summed E-state index contributed by atoms with van der Waals surface area (Å²) in [5.41, 5.74) is 1.23. The van der Waals surface area contributed by atoms with Crippen LogP contribution in [0.3, 0.4) is 0 Å². The Kier molecular flexibility index (Phi) is 3.86. The summed E-state index contributed by atoms with van der Waals surface area (Å²) in [6.07, 6.45) is 4.16. The van der Waals surface area contributed by atoms with Crippen LogP contribution in [0, 0.1) is 0 Å². The fourth-order valence-corrected chi connectivity index (χ4v) is 3.78. The fraction of sp³-hybridized carbons (Fsp3) is 0.471. The first kappa shape index (κ1) is 16.5. The Morgan fingerprint density at radius 1 is 1.27 bits per heavy atom.